The molecule has 2 aliphatic heterocycles. The average molecular weight is 413 g/mol. The number of amides is 1. The monoisotopic (exact) mass is 412 g/mol. The van der Waals surface area contributed by atoms with Crippen LogP contribution in [0.1, 0.15) is 45.7 Å². The van der Waals surface area contributed by atoms with Crippen molar-refractivity contribution in [2.24, 2.45) is 0 Å². The van der Waals surface area contributed by atoms with Crippen LogP contribution in [0.4, 0.5) is 0 Å². The molecule has 2 aliphatic rings. The van der Waals surface area contributed by atoms with Gasteiger partial charge in [-0.2, -0.15) is 0 Å². The molecule has 162 valence electrons. The Bertz CT molecular complexity index is 844. The van der Waals surface area contributed by atoms with E-state index in [1.54, 1.807) is 12.3 Å². The Labute approximate surface area is 178 Å². The Morgan fingerprint density at radius 1 is 1.03 bits per heavy atom. The van der Waals surface area contributed by atoms with E-state index < -0.39 is 0 Å². The van der Waals surface area contributed by atoms with E-state index in [0.29, 0.717) is 18.7 Å². The summed E-state index contributed by atoms with van der Waals surface area (Å²) in [5.74, 6) is 0.657. The summed E-state index contributed by atoms with van der Waals surface area (Å²) < 4.78 is 16.7. The number of benzene rings is 1. The lowest BCUT2D eigenvalue weighted by Gasteiger charge is -2.38. The van der Waals surface area contributed by atoms with Gasteiger partial charge in [0, 0.05) is 38.3 Å². The Hall–Kier alpha value is -2.15. The number of carbonyl (C=O) groups is 1. The van der Waals surface area contributed by atoms with Crippen LogP contribution in [-0.2, 0) is 21.4 Å². The SMILES string of the molecule is Cc1cc(C)cc(C2(CNC(=O)c3ccoc3CN3CCOCC3)CCOCC2)c1. The quantitative estimate of drug-likeness (QED) is 0.789. The maximum atomic E-state index is 13.1. The molecule has 0 radical (unpaired) electrons. The second-order valence-corrected chi connectivity index (χ2v) is 8.60. The summed E-state index contributed by atoms with van der Waals surface area (Å²) in [5.41, 5.74) is 4.34. The molecule has 1 aromatic carbocycles. The molecule has 4 rings (SSSR count). The smallest absolute Gasteiger partial charge is 0.254 e. The summed E-state index contributed by atoms with van der Waals surface area (Å²) in [6, 6.07) is 8.48. The molecule has 0 unspecified atom stereocenters. The van der Waals surface area contributed by atoms with Crippen LogP contribution in [0, 0.1) is 13.8 Å². The first-order valence-electron chi connectivity index (χ1n) is 10.9. The average Bonchev–Trinajstić information content (AvgIpc) is 3.21. The molecular weight excluding hydrogens is 380 g/mol. The number of rotatable bonds is 6. The summed E-state index contributed by atoms with van der Waals surface area (Å²) >= 11 is 0. The Morgan fingerprint density at radius 3 is 2.40 bits per heavy atom. The zero-order valence-corrected chi connectivity index (χ0v) is 18.0. The third-order valence-corrected chi connectivity index (χ3v) is 6.33. The fourth-order valence-electron chi connectivity index (χ4n) is 4.58. The van der Waals surface area contributed by atoms with E-state index in [0.717, 1.165) is 58.1 Å². The van der Waals surface area contributed by atoms with E-state index in [-0.39, 0.29) is 11.3 Å². The van der Waals surface area contributed by atoms with E-state index in [2.05, 4.69) is 42.3 Å². The topological polar surface area (TPSA) is 63.9 Å². The second kappa shape index (κ2) is 9.33. The molecule has 1 amide bonds. The van der Waals surface area contributed by atoms with Crippen molar-refractivity contribution in [1.82, 2.24) is 10.2 Å². The maximum Gasteiger partial charge on any atom is 0.254 e. The van der Waals surface area contributed by atoms with Crippen molar-refractivity contribution < 1.29 is 18.7 Å². The van der Waals surface area contributed by atoms with E-state index in [1.807, 2.05) is 0 Å². The van der Waals surface area contributed by atoms with Crippen LogP contribution < -0.4 is 5.32 Å². The van der Waals surface area contributed by atoms with Crippen LogP contribution in [0.5, 0.6) is 0 Å². The number of nitrogens with one attached hydrogen (secondary N) is 1. The van der Waals surface area contributed by atoms with Crippen molar-refractivity contribution in [2.75, 3.05) is 46.1 Å². The Kier molecular flexibility index (Phi) is 6.56. The lowest BCUT2D eigenvalue weighted by molar-refractivity contribution is 0.0311. The highest BCUT2D eigenvalue weighted by Gasteiger charge is 2.35. The molecule has 1 N–H and O–H groups in total. The van der Waals surface area contributed by atoms with Gasteiger partial charge in [-0.3, -0.25) is 9.69 Å². The highest BCUT2D eigenvalue weighted by Crippen LogP contribution is 2.35. The van der Waals surface area contributed by atoms with E-state index >= 15 is 0 Å². The Balaban J connectivity index is 1.48. The first-order valence-corrected chi connectivity index (χ1v) is 10.9. The van der Waals surface area contributed by atoms with Gasteiger partial charge in [0.2, 0.25) is 0 Å². The van der Waals surface area contributed by atoms with Crippen LogP contribution >= 0.6 is 0 Å². The number of aryl methyl sites for hydroxylation is 2. The molecular formula is C24H32N2O4. The van der Waals surface area contributed by atoms with Gasteiger partial charge >= 0.3 is 0 Å². The molecule has 6 nitrogen and oxygen atoms in total. The van der Waals surface area contributed by atoms with E-state index in [1.165, 1.54) is 16.7 Å². The normalized spacial score (nSPS) is 19.5. The van der Waals surface area contributed by atoms with Gasteiger partial charge in [-0.05, 0) is 38.3 Å². The van der Waals surface area contributed by atoms with Gasteiger partial charge in [-0.15, -0.1) is 0 Å². The van der Waals surface area contributed by atoms with Gasteiger partial charge in [0.1, 0.15) is 5.76 Å². The van der Waals surface area contributed by atoms with Crippen molar-refractivity contribution in [3.63, 3.8) is 0 Å². The Morgan fingerprint density at radius 2 is 1.70 bits per heavy atom. The summed E-state index contributed by atoms with van der Waals surface area (Å²) in [6.45, 7) is 10.1. The maximum absolute atomic E-state index is 13.1. The third-order valence-electron chi connectivity index (χ3n) is 6.33. The summed E-state index contributed by atoms with van der Waals surface area (Å²) in [7, 11) is 0. The highest BCUT2D eigenvalue weighted by molar-refractivity contribution is 5.95. The second-order valence-electron chi connectivity index (χ2n) is 8.60. The number of morpholine rings is 1. The number of hydrogen-bond acceptors (Lipinski definition) is 5. The van der Waals surface area contributed by atoms with Gasteiger partial charge in [0.25, 0.3) is 5.91 Å². The van der Waals surface area contributed by atoms with Gasteiger partial charge in [0.15, 0.2) is 0 Å². The lowest BCUT2D eigenvalue weighted by atomic mass is 9.73. The van der Waals surface area contributed by atoms with Gasteiger partial charge in [-0.1, -0.05) is 29.3 Å². The first kappa shape index (κ1) is 21.1. The fraction of sp³-hybridized carbons (Fsp3) is 0.542. The molecule has 0 atom stereocenters. The molecule has 0 saturated carbocycles. The molecule has 3 heterocycles. The molecule has 2 saturated heterocycles. The largest absolute Gasteiger partial charge is 0.467 e. The number of carbonyl (C=O) groups excluding carboxylic acids is 1. The standard InChI is InChI=1S/C24H32N2O4/c1-18-13-19(2)15-20(14-18)24(4-9-28-10-5-24)17-25-23(27)21-3-8-30-22(21)16-26-6-11-29-12-7-26/h3,8,13-15H,4-7,9-12,16-17H2,1-2H3,(H,25,27). The molecule has 0 aliphatic carbocycles. The predicted octanol–water partition coefficient (Wildman–Crippen LogP) is 3.21. The number of hydrogen-bond donors (Lipinski definition) is 1. The third kappa shape index (κ3) is 4.77. The number of nitrogens with zero attached hydrogens (tertiary/aromatic N) is 1. The van der Waals surface area contributed by atoms with Crippen LogP contribution in [0.25, 0.3) is 0 Å². The van der Waals surface area contributed by atoms with Crippen LogP contribution in [-0.4, -0.2) is 56.9 Å². The highest BCUT2D eigenvalue weighted by atomic mass is 16.5. The van der Waals surface area contributed by atoms with E-state index in [4.69, 9.17) is 13.9 Å². The minimum atomic E-state index is -0.0984. The van der Waals surface area contributed by atoms with Crippen molar-refractivity contribution in [2.45, 2.75) is 38.6 Å². The first-order chi connectivity index (χ1) is 14.6. The summed E-state index contributed by atoms with van der Waals surface area (Å²) in [6.07, 6.45) is 3.42. The molecule has 0 spiro atoms. The minimum Gasteiger partial charge on any atom is -0.467 e. The summed E-state index contributed by atoms with van der Waals surface area (Å²) in [5, 5.41) is 3.21. The van der Waals surface area contributed by atoms with Crippen molar-refractivity contribution >= 4 is 5.91 Å². The number of furan rings is 1. The zero-order chi connectivity index (χ0) is 21.0. The fourth-order valence-corrected chi connectivity index (χ4v) is 4.58. The molecule has 2 fully saturated rings. The number of ether oxygens (including phenoxy) is 2. The molecule has 30 heavy (non-hydrogen) atoms. The lowest BCUT2D eigenvalue weighted by Crippen LogP contribution is -2.45. The van der Waals surface area contributed by atoms with Gasteiger partial charge < -0.3 is 19.2 Å². The van der Waals surface area contributed by atoms with Crippen LogP contribution in [0.3, 0.4) is 0 Å². The molecule has 2 aromatic rings. The van der Waals surface area contributed by atoms with Crippen molar-refractivity contribution in [3.05, 3.63) is 58.5 Å². The van der Waals surface area contributed by atoms with Crippen LogP contribution in [0.2, 0.25) is 0 Å². The van der Waals surface area contributed by atoms with Crippen molar-refractivity contribution in [1.29, 1.82) is 0 Å². The van der Waals surface area contributed by atoms with Crippen LogP contribution in [0.15, 0.2) is 34.9 Å². The summed E-state index contributed by atoms with van der Waals surface area (Å²) in [4.78, 5) is 15.3. The molecule has 1 aromatic heterocycles. The van der Waals surface area contributed by atoms with E-state index in [9.17, 15) is 4.79 Å². The minimum absolute atomic E-state index is 0.0674. The predicted molar refractivity (Wildman–Crippen MR) is 115 cm³/mol. The van der Waals surface area contributed by atoms with Crippen molar-refractivity contribution in [3.8, 4) is 0 Å². The van der Waals surface area contributed by atoms with Gasteiger partial charge in [0.05, 0.1) is 31.6 Å². The zero-order valence-electron chi connectivity index (χ0n) is 18.0. The molecule has 6 heteroatoms. The van der Waals surface area contributed by atoms with Gasteiger partial charge in [-0.25, -0.2) is 0 Å². The molecule has 0 bridgehead atoms.